The van der Waals surface area contributed by atoms with Crippen molar-refractivity contribution in [3.63, 3.8) is 0 Å². The van der Waals surface area contributed by atoms with E-state index in [1.165, 1.54) is 11.2 Å². The first-order valence-corrected chi connectivity index (χ1v) is 12.9. The van der Waals surface area contributed by atoms with Crippen molar-refractivity contribution in [3.8, 4) is 11.1 Å². The van der Waals surface area contributed by atoms with Crippen LogP contribution in [-0.4, -0.2) is 71.6 Å². The number of piperazine rings is 1. The Morgan fingerprint density at radius 2 is 1.74 bits per heavy atom. The van der Waals surface area contributed by atoms with Gasteiger partial charge >= 0.3 is 6.09 Å². The number of anilines is 3. The van der Waals surface area contributed by atoms with E-state index in [1.54, 1.807) is 35.0 Å². The number of hydrogen-bond donors (Lipinski definition) is 2. The molecular formula is C24H24N6O4S. The largest absolute Gasteiger partial charge is 0.465 e. The zero-order valence-electron chi connectivity index (χ0n) is 19.0. The van der Waals surface area contributed by atoms with Crippen LogP contribution >= 0.6 is 0 Å². The van der Waals surface area contributed by atoms with E-state index in [2.05, 4.69) is 20.3 Å². The number of carbonyl (C=O) groups is 1. The topological polar surface area (TPSA) is 120 Å². The van der Waals surface area contributed by atoms with Gasteiger partial charge in [0.1, 0.15) is 0 Å². The molecule has 2 aromatic heterocycles. The monoisotopic (exact) mass is 492 g/mol. The third-order valence-corrected chi connectivity index (χ3v) is 7.10. The van der Waals surface area contributed by atoms with E-state index in [-0.39, 0.29) is 4.90 Å². The molecule has 0 spiro atoms. The molecule has 2 aromatic carbocycles. The molecule has 0 atom stereocenters. The molecule has 1 amide bonds. The van der Waals surface area contributed by atoms with Crippen LogP contribution in [0, 0.1) is 0 Å². The molecule has 1 saturated heterocycles. The molecule has 4 aromatic rings. The number of nitrogens with one attached hydrogen (secondary N) is 1. The van der Waals surface area contributed by atoms with Crippen LogP contribution in [0.5, 0.6) is 0 Å². The molecule has 0 unspecified atom stereocenters. The number of hydrogen-bond acceptors (Lipinski definition) is 7. The molecule has 1 fully saturated rings. The Morgan fingerprint density at radius 1 is 1.00 bits per heavy atom. The number of sulfone groups is 1. The highest BCUT2D eigenvalue weighted by Crippen LogP contribution is 2.27. The second-order valence-electron chi connectivity index (χ2n) is 8.35. The maximum absolute atomic E-state index is 11.8. The second-order valence-corrected chi connectivity index (χ2v) is 10.4. The highest BCUT2D eigenvalue weighted by molar-refractivity contribution is 7.90. The van der Waals surface area contributed by atoms with Gasteiger partial charge in [0.05, 0.1) is 4.90 Å². The summed E-state index contributed by atoms with van der Waals surface area (Å²) in [4.78, 5) is 19.7. The quantitative estimate of drug-likeness (QED) is 0.435. The lowest BCUT2D eigenvalue weighted by molar-refractivity contribution is 0.142. The van der Waals surface area contributed by atoms with Crippen LogP contribution in [0.25, 0.3) is 16.8 Å². The minimum Gasteiger partial charge on any atom is -0.465 e. The van der Waals surface area contributed by atoms with Crippen molar-refractivity contribution in [1.29, 1.82) is 0 Å². The van der Waals surface area contributed by atoms with Gasteiger partial charge in [-0.1, -0.05) is 18.2 Å². The summed E-state index contributed by atoms with van der Waals surface area (Å²) >= 11 is 0. The van der Waals surface area contributed by atoms with Gasteiger partial charge in [-0.2, -0.15) is 4.98 Å². The van der Waals surface area contributed by atoms with E-state index in [4.69, 9.17) is 5.11 Å². The van der Waals surface area contributed by atoms with Crippen LogP contribution in [-0.2, 0) is 9.84 Å². The highest BCUT2D eigenvalue weighted by atomic mass is 32.2. The number of carboxylic acid groups (broad SMARTS) is 1. The fourth-order valence-corrected chi connectivity index (χ4v) is 4.76. The summed E-state index contributed by atoms with van der Waals surface area (Å²) in [5, 5.41) is 16.9. The average Bonchev–Trinajstić information content (AvgIpc) is 3.26. The summed E-state index contributed by atoms with van der Waals surface area (Å²) in [6.45, 7) is 2.19. The van der Waals surface area contributed by atoms with Gasteiger partial charge in [-0.25, -0.2) is 17.7 Å². The fourth-order valence-electron chi connectivity index (χ4n) is 4.13. The Bertz CT molecular complexity index is 1490. The van der Waals surface area contributed by atoms with Crippen LogP contribution in [0.4, 0.5) is 22.1 Å². The molecule has 35 heavy (non-hydrogen) atoms. The molecule has 0 bridgehead atoms. The summed E-state index contributed by atoms with van der Waals surface area (Å²) in [7, 11) is -3.27. The standard InChI is InChI=1S/C24H24N6O4S/c1-35(33,34)20-9-7-17(8-10-20)21-6-3-11-30-22(21)26-23(27-30)25-18-4-2-5-19(16-18)28-12-14-29(15-13-28)24(31)32/h2-11,16H,12-15H2,1H3,(H,25,27)(H,31,32). The minimum absolute atomic E-state index is 0.265. The SMILES string of the molecule is CS(=O)(=O)c1ccc(-c2cccn3nc(Nc4cccc(N5CCN(C(=O)O)CC5)c4)nc23)cc1. The number of nitrogens with zero attached hydrogens (tertiary/aromatic N) is 5. The Labute approximate surface area is 202 Å². The molecule has 180 valence electrons. The summed E-state index contributed by atoms with van der Waals surface area (Å²) in [5.41, 5.74) is 4.12. The minimum atomic E-state index is -3.27. The van der Waals surface area contributed by atoms with Crippen LogP contribution < -0.4 is 10.2 Å². The maximum Gasteiger partial charge on any atom is 0.407 e. The molecule has 3 heterocycles. The molecule has 1 aliphatic heterocycles. The summed E-state index contributed by atoms with van der Waals surface area (Å²) in [6.07, 6.45) is 2.11. The Balaban J connectivity index is 1.37. The molecular weight excluding hydrogens is 468 g/mol. The van der Waals surface area contributed by atoms with Gasteiger partial charge in [-0.15, -0.1) is 5.10 Å². The smallest absolute Gasteiger partial charge is 0.407 e. The number of pyridine rings is 1. The number of benzene rings is 2. The first-order chi connectivity index (χ1) is 16.8. The predicted octanol–water partition coefficient (Wildman–Crippen LogP) is 3.34. The van der Waals surface area contributed by atoms with E-state index in [1.807, 2.05) is 36.4 Å². The first-order valence-electron chi connectivity index (χ1n) is 11.0. The molecule has 11 heteroatoms. The third-order valence-electron chi connectivity index (χ3n) is 5.97. The molecule has 10 nitrogen and oxygen atoms in total. The summed E-state index contributed by atoms with van der Waals surface area (Å²) < 4.78 is 25.2. The molecule has 2 N–H and O–H groups in total. The van der Waals surface area contributed by atoms with Crippen LogP contribution in [0.15, 0.2) is 71.8 Å². The van der Waals surface area contributed by atoms with E-state index in [0.717, 1.165) is 22.5 Å². The zero-order chi connectivity index (χ0) is 24.6. The van der Waals surface area contributed by atoms with Gasteiger partial charge in [0.2, 0.25) is 5.95 Å². The van der Waals surface area contributed by atoms with Crippen LogP contribution in [0.2, 0.25) is 0 Å². The van der Waals surface area contributed by atoms with Crippen LogP contribution in [0.3, 0.4) is 0 Å². The van der Waals surface area contributed by atoms with Crippen molar-refractivity contribution in [2.45, 2.75) is 4.90 Å². The van der Waals surface area contributed by atoms with Gasteiger partial charge in [-0.05, 0) is 48.0 Å². The van der Waals surface area contributed by atoms with Crippen molar-refractivity contribution in [3.05, 3.63) is 66.9 Å². The van der Waals surface area contributed by atoms with Crippen molar-refractivity contribution in [2.75, 3.05) is 42.7 Å². The van der Waals surface area contributed by atoms with Crippen LogP contribution in [0.1, 0.15) is 0 Å². The van der Waals surface area contributed by atoms with Gasteiger partial charge in [-0.3, -0.25) is 0 Å². The number of aromatic nitrogens is 3. The lowest BCUT2D eigenvalue weighted by Crippen LogP contribution is -2.48. The lowest BCUT2D eigenvalue weighted by atomic mass is 10.1. The molecule has 1 aliphatic rings. The van der Waals surface area contributed by atoms with Crippen molar-refractivity contribution < 1.29 is 18.3 Å². The Kier molecular flexibility index (Phi) is 5.77. The number of amides is 1. The molecule has 0 aliphatic carbocycles. The van der Waals surface area contributed by atoms with Gasteiger partial charge in [0.15, 0.2) is 15.5 Å². The normalized spacial score (nSPS) is 14.3. The first kappa shape index (κ1) is 22.7. The van der Waals surface area contributed by atoms with Gasteiger partial charge < -0.3 is 20.2 Å². The highest BCUT2D eigenvalue weighted by Gasteiger charge is 2.20. The summed E-state index contributed by atoms with van der Waals surface area (Å²) in [5.74, 6) is 0.429. The maximum atomic E-state index is 11.8. The van der Waals surface area contributed by atoms with E-state index >= 15 is 0 Å². The third kappa shape index (κ3) is 4.76. The van der Waals surface area contributed by atoms with Crippen molar-refractivity contribution in [1.82, 2.24) is 19.5 Å². The molecule has 5 rings (SSSR count). The zero-order valence-corrected chi connectivity index (χ0v) is 19.8. The van der Waals surface area contributed by atoms with Crippen molar-refractivity contribution in [2.24, 2.45) is 0 Å². The second kappa shape index (κ2) is 8.91. The Morgan fingerprint density at radius 3 is 2.43 bits per heavy atom. The average molecular weight is 493 g/mol. The van der Waals surface area contributed by atoms with Gasteiger partial charge in [0.25, 0.3) is 0 Å². The van der Waals surface area contributed by atoms with E-state index in [0.29, 0.717) is 37.8 Å². The van der Waals surface area contributed by atoms with Gasteiger partial charge in [0, 0.05) is 55.6 Å². The summed E-state index contributed by atoms with van der Waals surface area (Å²) in [6, 6.07) is 18.3. The Hall–Kier alpha value is -4.12. The van der Waals surface area contributed by atoms with E-state index in [9.17, 15) is 13.2 Å². The molecule has 0 saturated carbocycles. The lowest BCUT2D eigenvalue weighted by Gasteiger charge is -2.34. The van der Waals surface area contributed by atoms with Crippen molar-refractivity contribution >= 4 is 38.9 Å². The fraction of sp³-hybridized carbons (Fsp3) is 0.208. The van der Waals surface area contributed by atoms with E-state index < -0.39 is 15.9 Å². The predicted molar refractivity (Wildman–Crippen MR) is 133 cm³/mol. The molecule has 0 radical (unpaired) electrons. The number of fused-ring (bicyclic) bond motifs is 1. The number of rotatable bonds is 5.